The average molecular weight is 248 g/mol. The van der Waals surface area contributed by atoms with Crippen molar-refractivity contribution in [1.29, 1.82) is 0 Å². The fourth-order valence-electron chi connectivity index (χ4n) is 2.10. The first-order valence-electron chi connectivity index (χ1n) is 6.64. The number of hydrogen-bond donors (Lipinski definition) is 0. The first kappa shape index (κ1) is 13.5. The van der Waals surface area contributed by atoms with E-state index in [1.807, 2.05) is 0 Å². The number of fused-ring (bicyclic) bond motifs is 1. The van der Waals surface area contributed by atoms with E-state index in [1.165, 1.54) is 11.3 Å². The Balaban J connectivity index is 2.47. The molecular formula is C15H24N2O. The lowest BCUT2D eigenvalue weighted by molar-refractivity contribution is 0.132. The number of hydrogen-bond acceptors (Lipinski definition) is 3. The standard InChI is InChI=1S/C15H24N2O/c1-14(2,3)7-11-10-8-18-9-12(10)17-13(16-11)15(4,5)6/h7-9H2,1-6H3. The van der Waals surface area contributed by atoms with Crippen LogP contribution in [0.15, 0.2) is 0 Å². The number of rotatable bonds is 1. The van der Waals surface area contributed by atoms with Crippen LogP contribution in [0.2, 0.25) is 0 Å². The highest BCUT2D eigenvalue weighted by molar-refractivity contribution is 5.29. The van der Waals surface area contributed by atoms with E-state index in [9.17, 15) is 0 Å². The lowest BCUT2D eigenvalue weighted by atomic mass is 9.88. The van der Waals surface area contributed by atoms with Crippen LogP contribution in [-0.4, -0.2) is 9.97 Å². The smallest absolute Gasteiger partial charge is 0.134 e. The summed E-state index contributed by atoms with van der Waals surface area (Å²) in [6, 6.07) is 0. The minimum absolute atomic E-state index is 0.00967. The first-order chi connectivity index (χ1) is 8.17. The molecule has 0 amide bonds. The van der Waals surface area contributed by atoms with E-state index >= 15 is 0 Å². The van der Waals surface area contributed by atoms with Crippen LogP contribution in [-0.2, 0) is 29.8 Å². The maximum absolute atomic E-state index is 5.54. The van der Waals surface area contributed by atoms with Crippen LogP contribution < -0.4 is 0 Å². The third-order valence-corrected chi connectivity index (χ3v) is 3.03. The summed E-state index contributed by atoms with van der Waals surface area (Å²) < 4.78 is 5.54. The fourth-order valence-corrected chi connectivity index (χ4v) is 2.10. The van der Waals surface area contributed by atoms with Crippen molar-refractivity contribution < 1.29 is 4.74 Å². The Bertz CT molecular complexity index is 453. The van der Waals surface area contributed by atoms with Crippen LogP contribution in [0.25, 0.3) is 0 Å². The van der Waals surface area contributed by atoms with Gasteiger partial charge in [-0.3, -0.25) is 0 Å². The Morgan fingerprint density at radius 2 is 1.67 bits per heavy atom. The molecule has 0 fully saturated rings. The van der Waals surface area contributed by atoms with E-state index in [2.05, 4.69) is 46.5 Å². The molecule has 2 heterocycles. The Morgan fingerprint density at radius 3 is 2.22 bits per heavy atom. The summed E-state index contributed by atoms with van der Waals surface area (Å²) in [6.45, 7) is 14.5. The van der Waals surface area contributed by atoms with Gasteiger partial charge in [-0.1, -0.05) is 41.5 Å². The molecule has 0 aromatic carbocycles. The summed E-state index contributed by atoms with van der Waals surface area (Å²) in [5, 5.41) is 0. The Morgan fingerprint density at radius 1 is 1.00 bits per heavy atom. The SMILES string of the molecule is CC(C)(C)Cc1nc(C(C)(C)C)nc2c1COC2. The van der Waals surface area contributed by atoms with Crippen molar-refractivity contribution in [3.63, 3.8) is 0 Å². The average Bonchev–Trinajstić information content (AvgIpc) is 2.61. The van der Waals surface area contributed by atoms with E-state index in [4.69, 9.17) is 9.72 Å². The predicted octanol–water partition coefficient (Wildman–Crippen LogP) is 3.39. The van der Waals surface area contributed by atoms with E-state index in [1.54, 1.807) is 0 Å². The molecule has 0 saturated carbocycles. The molecule has 1 aliphatic rings. The zero-order valence-electron chi connectivity index (χ0n) is 12.4. The molecule has 0 atom stereocenters. The molecule has 0 aliphatic carbocycles. The van der Waals surface area contributed by atoms with E-state index < -0.39 is 0 Å². The van der Waals surface area contributed by atoms with Gasteiger partial charge < -0.3 is 4.74 Å². The number of nitrogens with zero attached hydrogens (tertiary/aromatic N) is 2. The van der Waals surface area contributed by atoms with Crippen molar-refractivity contribution in [3.8, 4) is 0 Å². The third-order valence-electron chi connectivity index (χ3n) is 3.03. The minimum Gasteiger partial charge on any atom is -0.370 e. The molecule has 0 bridgehead atoms. The molecular weight excluding hydrogens is 224 g/mol. The number of ether oxygens (including phenoxy) is 1. The van der Waals surface area contributed by atoms with Crippen LogP contribution in [0.4, 0.5) is 0 Å². The van der Waals surface area contributed by atoms with Gasteiger partial charge in [0.2, 0.25) is 0 Å². The van der Waals surface area contributed by atoms with Crippen LogP contribution >= 0.6 is 0 Å². The highest BCUT2D eigenvalue weighted by atomic mass is 16.5. The van der Waals surface area contributed by atoms with Gasteiger partial charge >= 0.3 is 0 Å². The largest absolute Gasteiger partial charge is 0.370 e. The van der Waals surface area contributed by atoms with Gasteiger partial charge in [-0.25, -0.2) is 9.97 Å². The van der Waals surface area contributed by atoms with E-state index in [0.29, 0.717) is 13.2 Å². The topological polar surface area (TPSA) is 35.0 Å². The lowest BCUT2D eigenvalue weighted by Gasteiger charge is -2.22. The zero-order chi connectivity index (χ0) is 13.6. The van der Waals surface area contributed by atoms with Gasteiger partial charge in [-0.05, 0) is 11.8 Å². The van der Waals surface area contributed by atoms with Gasteiger partial charge in [0.1, 0.15) is 5.82 Å². The van der Waals surface area contributed by atoms with Gasteiger partial charge in [0.25, 0.3) is 0 Å². The van der Waals surface area contributed by atoms with Crippen molar-refractivity contribution >= 4 is 0 Å². The van der Waals surface area contributed by atoms with Gasteiger partial charge in [0.15, 0.2) is 0 Å². The van der Waals surface area contributed by atoms with Gasteiger partial charge in [-0.15, -0.1) is 0 Å². The van der Waals surface area contributed by atoms with Crippen molar-refractivity contribution in [3.05, 3.63) is 22.8 Å². The van der Waals surface area contributed by atoms with E-state index in [-0.39, 0.29) is 10.8 Å². The molecule has 100 valence electrons. The molecule has 0 unspecified atom stereocenters. The third kappa shape index (κ3) is 2.89. The molecule has 0 radical (unpaired) electrons. The maximum atomic E-state index is 5.54. The van der Waals surface area contributed by atoms with E-state index in [0.717, 1.165) is 17.9 Å². The van der Waals surface area contributed by atoms with Gasteiger partial charge in [0.05, 0.1) is 24.6 Å². The Hall–Kier alpha value is -0.960. The zero-order valence-corrected chi connectivity index (χ0v) is 12.4. The monoisotopic (exact) mass is 248 g/mol. The van der Waals surface area contributed by atoms with Crippen LogP contribution in [0, 0.1) is 5.41 Å². The normalized spacial score (nSPS) is 15.9. The highest BCUT2D eigenvalue weighted by Gasteiger charge is 2.26. The molecule has 3 heteroatoms. The van der Waals surface area contributed by atoms with Crippen molar-refractivity contribution in [2.45, 2.75) is 66.6 Å². The van der Waals surface area contributed by atoms with Crippen LogP contribution in [0.5, 0.6) is 0 Å². The second-order valence-electron chi connectivity index (χ2n) is 7.40. The van der Waals surface area contributed by atoms with Gasteiger partial charge in [0, 0.05) is 11.0 Å². The van der Waals surface area contributed by atoms with Crippen molar-refractivity contribution in [2.24, 2.45) is 5.41 Å². The summed E-state index contributed by atoms with van der Waals surface area (Å²) in [6.07, 6.45) is 0.976. The number of aromatic nitrogens is 2. The molecule has 1 aromatic rings. The summed E-state index contributed by atoms with van der Waals surface area (Å²) in [7, 11) is 0. The predicted molar refractivity (Wildman–Crippen MR) is 72.4 cm³/mol. The van der Waals surface area contributed by atoms with Gasteiger partial charge in [-0.2, -0.15) is 0 Å². The summed E-state index contributed by atoms with van der Waals surface area (Å²) in [5.74, 6) is 0.936. The Kier molecular flexibility index (Phi) is 3.22. The van der Waals surface area contributed by atoms with Crippen LogP contribution in [0.3, 0.4) is 0 Å². The second kappa shape index (κ2) is 4.30. The fraction of sp³-hybridized carbons (Fsp3) is 0.733. The molecule has 18 heavy (non-hydrogen) atoms. The molecule has 2 rings (SSSR count). The van der Waals surface area contributed by atoms with Crippen molar-refractivity contribution in [1.82, 2.24) is 9.97 Å². The molecule has 3 nitrogen and oxygen atoms in total. The summed E-state index contributed by atoms with van der Waals surface area (Å²) >= 11 is 0. The van der Waals surface area contributed by atoms with Crippen LogP contribution in [0.1, 0.15) is 64.3 Å². The molecule has 0 saturated heterocycles. The minimum atomic E-state index is -0.00967. The second-order valence-corrected chi connectivity index (χ2v) is 7.40. The summed E-state index contributed by atoms with van der Waals surface area (Å²) in [5.41, 5.74) is 3.71. The molecule has 0 N–H and O–H groups in total. The molecule has 1 aliphatic heterocycles. The Labute approximate surface area is 110 Å². The maximum Gasteiger partial charge on any atom is 0.134 e. The molecule has 1 aromatic heterocycles. The highest BCUT2D eigenvalue weighted by Crippen LogP contribution is 2.29. The lowest BCUT2D eigenvalue weighted by Crippen LogP contribution is -2.21. The summed E-state index contributed by atoms with van der Waals surface area (Å²) in [4.78, 5) is 9.49. The quantitative estimate of drug-likeness (QED) is 0.764. The molecule has 0 spiro atoms. The van der Waals surface area contributed by atoms with Crippen molar-refractivity contribution in [2.75, 3.05) is 0 Å². The first-order valence-corrected chi connectivity index (χ1v) is 6.64.